The van der Waals surface area contributed by atoms with Crippen molar-refractivity contribution in [3.05, 3.63) is 77.7 Å². The number of nitrogens with one attached hydrogen (secondary N) is 1. The van der Waals surface area contributed by atoms with Crippen molar-refractivity contribution in [2.75, 3.05) is 0 Å². The van der Waals surface area contributed by atoms with Gasteiger partial charge in [-0.3, -0.25) is 4.79 Å². The first-order valence-electron chi connectivity index (χ1n) is 6.95. The van der Waals surface area contributed by atoms with Gasteiger partial charge in [0.1, 0.15) is 0 Å². The lowest BCUT2D eigenvalue weighted by molar-refractivity contribution is 0.111. The Bertz CT molecular complexity index is 732. The third kappa shape index (κ3) is 2.63. The van der Waals surface area contributed by atoms with Crippen LogP contribution in [0.4, 0.5) is 0 Å². The fourth-order valence-corrected chi connectivity index (χ4v) is 2.50. The molecule has 3 nitrogen and oxygen atoms in total. The van der Waals surface area contributed by atoms with E-state index < -0.39 is 0 Å². The summed E-state index contributed by atoms with van der Waals surface area (Å²) in [5, 5.41) is 0. The highest BCUT2D eigenvalue weighted by Crippen LogP contribution is 2.31. The molecule has 2 aromatic carbocycles. The number of nitrogens with zero attached hydrogens (tertiary/aromatic N) is 1. The maximum absolute atomic E-state index is 11.1. The van der Waals surface area contributed by atoms with E-state index >= 15 is 0 Å². The maximum Gasteiger partial charge on any atom is 0.185 e. The van der Waals surface area contributed by atoms with Crippen LogP contribution in [-0.4, -0.2) is 16.3 Å². The number of aromatic nitrogens is 2. The van der Waals surface area contributed by atoms with Gasteiger partial charge in [-0.25, -0.2) is 4.98 Å². The molecule has 3 rings (SSSR count). The van der Waals surface area contributed by atoms with Gasteiger partial charge in [0.25, 0.3) is 0 Å². The lowest BCUT2D eigenvalue weighted by atomic mass is 9.94. The van der Waals surface area contributed by atoms with Gasteiger partial charge < -0.3 is 4.98 Å². The van der Waals surface area contributed by atoms with Crippen LogP contribution < -0.4 is 0 Å². The number of imidazole rings is 1. The maximum atomic E-state index is 11.1. The molecule has 0 aliphatic carbocycles. The van der Waals surface area contributed by atoms with E-state index in [0.717, 1.165) is 23.2 Å². The summed E-state index contributed by atoms with van der Waals surface area (Å²) in [6.07, 6.45) is 0.758. The molecular weight excluding hydrogens is 260 g/mol. The van der Waals surface area contributed by atoms with Gasteiger partial charge in [0.15, 0.2) is 12.1 Å². The van der Waals surface area contributed by atoms with Gasteiger partial charge in [0.2, 0.25) is 0 Å². The molecular formula is C18H16N2O. The molecule has 3 heteroatoms. The molecule has 0 aliphatic rings. The zero-order valence-electron chi connectivity index (χ0n) is 11.8. The van der Waals surface area contributed by atoms with E-state index in [1.165, 1.54) is 5.56 Å². The van der Waals surface area contributed by atoms with Gasteiger partial charge in [-0.05, 0) is 5.56 Å². The van der Waals surface area contributed by atoms with Gasteiger partial charge in [0.05, 0.1) is 11.4 Å². The molecule has 1 N–H and O–H groups in total. The first-order valence-corrected chi connectivity index (χ1v) is 6.95. The van der Waals surface area contributed by atoms with Crippen LogP contribution in [-0.2, 0) is 0 Å². The van der Waals surface area contributed by atoms with Gasteiger partial charge in [-0.2, -0.15) is 0 Å². The van der Waals surface area contributed by atoms with Crippen LogP contribution in [0.2, 0.25) is 0 Å². The molecule has 3 aromatic rings. The Morgan fingerprint density at radius 3 is 2.24 bits per heavy atom. The highest BCUT2D eigenvalue weighted by molar-refractivity contribution is 5.74. The number of rotatable bonds is 4. The minimum Gasteiger partial charge on any atom is -0.339 e. The summed E-state index contributed by atoms with van der Waals surface area (Å²) in [7, 11) is 0. The Kier molecular flexibility index (Phi) is 3.65. The summed E-state index contributed by atoms with van der Waals surface area (Å²) < 4.78 is 0. The summed E-state index contributed by atoms with van der Waals surface area (Å²) in [4.78, 5) is 18.6. The number of hydrogen-bond donors (Lipinski definition) is 1. The van der Waals surface area contributed by atoms with Crippen molar-refractivity contribution in [2.45, 2.75) is 12.8 Å². The molecule has 1 unspecified atom stereocenters. The van der Waals surface area contributed by atoms with Crippen LogP contribution in [0.3, 0.4) is 0 Å². The number of aldehydes is 1. The zero-order valence-corrected chi connectivity index (χ0v) is 11.8. The predicted octanol–water partition coefficient (Wildman–Crippen LogP) is 4.04. The van der Waals surface area contributed by atoms with Crippen molar-refractivity contribution in [3.63, 3.8) is 0 Å². The monoisotopic (exact) mass is 276 g/mol. The van der Waals surface area contributed by atoms with E-state index in [9.17, 15) is 4.79 Å². The SMILES string of the molecule is CC(c1ccccc1)c1[nH]c(C=O)nc1-c1ccccc1. The van der Waals surface area contributed by atoms with Crippen LogP contribution >= 0.6 is 0 Å². The molecule has 21 heavy (non-hydrogen) atoms. The Balaban J connectivity index is 2.10. The zero-order chi connectivity index (χ0) is 14.7. The Hall–Kier alpha value is -2.68. The van der Waals surface area contributed by atoms with Crippen LogP contribution in [0.25, 0.3) is 11.3 Å². The Morgan fingerprint density at radius 1 is 1.00 bits per heavy atom. The summed E-state index contributed by atoms with van der Waals surface area (Å²) in [6.45, 7) is 2.11. The number of carbonyl (C=O) groups is 1. The quantitative estimate of drug-likeness (QED) is 0.731. The van der Waals surface area contributed by atoms with Gasteiger partial charge in [-0.15, -0.1) is 0 Å². The van der Waals surface area contributed by atoms with Crippen LogP contribution in [0.1, 0.15) is 34.7 Å². The molecule has 1 aromatic heterocycles. The highest BCUT2D eigenvalue weighted by Gasteiger charge is 2.18. The topological polar surface area (TPSA) is 45.8 Å². The van der Waals surface area contributed by atoms with Crippen molar-refractivity contribution in [2.24, 2.45) is 0 Å². The average molecular weight is 276 g/mol. The third-order valence-electron chi connectivity index (χ3n) is 3.64. The van der Waals surface area contributed by atoms with E-state index in [1.807, 2.05) is 48.5 Å². The second kappa shape index (κ2) is 5.75. The van der Waals surface area contributed by atoms with Crippen molar-refractivity contribution in [3.8, 4) is 11.3 Å². The summed E-state index contributed by atoms with van der Waals surface area (Å²) in [6, 6.07) is 20.1. The number of hydrogen-bond acceptors (Lipinski definition) is 2. The largest absolute Gasteiger partial charge is 0.339 e. The van der Waals surface area contributed by atoms with E-state index in [-0.39, 0.29) is 5.92 Å². The minimum atomic E-state index is 0.141. The van der Waals surface area contributed by atoms with E-state index in [4.69, 9.17) is 0 Å². The standard InChI is InChI=1S/C18H16N2O/c1-13(14-8-4-2-5-9-14)17-18(20-16(12-21)19-17)15-10-6-3-7-11-15/h2-13H,1H3,(H,19,20). The molecule has 1 heterocycles. The van der Waals surface area contributed by atoms with Gasteiger partial charge in [-0.1, -0.05) is 67.6 Å². The molecule has 0 bridgehead atoms. The lowest BCUT2D eigenvalue weighted by Crippen LogP contribution is -1.98. The average Bonchev–Trinajstić information content (AvgIpc) is 3.00. The molecule has 0 radical (unpaired) electrons. The number of carbonyl (C=O) groups excluding carboxylic acids is 1. The minimum absolute atomic E-state index is 0.141. The molecule has 1 atom stereocenters. The van der Waals surface area contributed by atoms with Gasteiger partial charge >= 0.3 is 0 Å². The van der Waals surface area contributed by atoms with Crippen molar-refractivity contribution in [1.82, 2.24) is 9.97 Å². The summed E-state index contributed by atoms with van der Waals surface area (Å²) >= 11 is 0. The van der Waals surface area contributed by atoms with Crippen molar-refractivity contribution < 1.29 is 4.79 Å². The fraction of sp³-hybridized carbons (Fsp3) is 0.111. The molecule has 0 aliphatic heterocycles. The smallest absolute Gasteiger partial charge is 0.185 e. The first kappa shape index (κ1) is 13.3. The van der Waals surface area contributed by atoms with Crippen LogP contribution in [0.5, 0.6) is 0 Å². The molecule has 0 saturated carbocycles. The fourth-order valence-electron chi connectivity index (χ4n) is 2.50. The van der Waals surface area contributed by atoms with Gasteiger partial charge in [0, 0.05) is 11.5 Å². The van der Waals surface area contributed by atoms with E-state index in [0.29, 0.717) is 5.82 Å². The second-order valence-electron chi connectivity index (χ2n) is 5.00. The molecule has 0 saturated heterocycles. The Morgan fingerprint density at radius 2 is 1.62 bits per heavy atom. The molecule has 104 valence electrons. The number of benzene rings is 2. The summed E-state index contributed by atoms with van der Waals surface area (Å²) in [5.41, 5.74) is 4.01. The highest BCUT2D eigenvalue weighted by atomic mass is 16.1. The second-order valence-corrected chi connectivity index (χ2v) is 5.00. The predicted molar refractivity (Wildman–Crippen MR) is 83.4 cm³/mol. The van der Waals surface area contributed by atoms with Crippen molar-refractivity contribution >= 4 is 6.29 Å². The van der Waals surface area contributed by atoms with E-state index in [1.54, 1.807) is 0 Å². The molecule has 0 amide bonds. The Labute approximate surface area is 123 Å². The normalized spacial score (nSPS) is 12.0. The third-order valence-corrected chi connectivity index (χ3v) is 3.64. The van der Waals surface area contributed by atoms with Crippen molar-refractivity contribution in [1.29, 1.82) is 0 Å². The van der Waals surface area contributed by atoms with Crippen LogP contribution in [0.15, 0.2) is 60.7 Å². The summed E-state index contributed by atoms with van der Waals surface area (Å²) in [5.74, 6) is 0.509. The number of H-pyrrole nitrogens is 1. The first-order chi connectivity index (χ1) is 10.3. The molecule has 0 fully saturated rings. The van der Waals surface area contributed by atoms with E-state index in [2.05, 4.69) is 29.0 Å². The lowest BCUT2D eigenvalue weighted by Gasteiger charge is -2.12. The number of aromatic amines is 1. The van der Waals surface area contributed by atoms with Crippen LogP contribution in [0, 0.1) is 0 Å². The molecule has 0 spiro atoms.